The molecule has 1 aliphatic heterocycles. The lowest BCUT2D eigenvalue weighted by Gasteiger charge is -2.40. The fraction of sp³-hybridized carbons (Fsp3) is 0.846. The van der Waals surface area contributed by atoms with Gasteiger partial charge in [0.2, 0.25) is 0 Å². The van der Waals surface area contributed by atoms with Crippen LogP contribution in [-0.4, -0.2) is 12.2 Å². The first-order valence-electron chi connectivity index (χ1n) is 6.14. The quantitative estimate of drug-likeness (QED) is 0.578. The summed E-state index contributed by atoms with van der Waals surface area (Å²) in [4.78, 5) is 0. The van der Waals surface area contributed by atoms with Crippen molar-refractivity contribution in [3.63, 3.8) is 0 Å². The van der Waals surface area contributed by atoms with E-state index in [1.54, 1.807) is 0 Å². The molecule has 1 heterocycles. The molecule has 2 aliphatic rings. The Labute approximate surface area is 87.5 Å². The molecule has 1 spiro atoms. The first-order valence-corrected chi connectivity index (χ1v) is 6.14. The average Bonchev–Trinajstić information content (AvgIpc) is 2.44. The molecule has 1 saturated carbocycles. The zero-order valence-electron chi connectivity index (χ0n) is 9.30. The van der Waals surface area contributed by atoms with Gasteiger partial charge in [0.25, 0.3) is 0 Å². The first kappa shape index (κ1) is 10.2. The molecule has 14 heavy (non-hydrogen) atoms. The van der Waals surface area contributed by atoms with Crippen LogP contribution in [0.3, 0.4) is 0 Å². The Bertz CT molecular complexity index is 197. The van der Waals surface area contributed by atoms with Crippen LogP contribution in [-0.2, 0) is 4.74 Å². The van der Waals surface area contributed by atoms with Crippen LogP contribution in [0.25, 0.3) is 0 Å². The van der Waals surface area contributed by atoms with E-state index in [4.69, 9.17) is 4.74 Å². The number of rotatable bonds is 1. The molecule has 1 nitrogen and oxygen atoms in total. The van der Waals surface area contributed by atoms with Crippen LogP contribution in [0.4, 0.5) is 0 Å². The Kier molecular flexibility index (Phi) is 3.27. The van der Waals surface area contributed by atoms with Crippen molar-refractivity contribution in [2.24, 2.45) is 5.92 Å². The molecule has 0 saturated heterocycles. The van der Waals surface area contributed by atoms with E-state index in [0.717, 1.165) is 12.5 Å². The van der Waals surface area contributed by atoms with Crippen molar-refractivity contribution in [1.82, 2.24) is 0 Å². The summed E-state index contributed by atoms with van der Waals surface area (Å²) in [6, 6.07) is 0. The maximum Gasteiger partial charge on any atom is 0.0692 e. The van der Waals surface area contributed by atoms with Crippen LogP contribution in [0.5, 0.6) is 0 Å². The molecule has 1 aliphatic carbocycles. The third-order valence-corrected chi connectivity index (χ3v) is 3.90. The van der Waals surface area contributed by atoms with Crippen LogP contribution in [0.1, 0.15) is 51.9 Å². The van der Waals surface area contributed by atoms with Gasteiger partial charge in [0.05, 0.1) is 12.2 Å². The highest BCUT2D eigenvalue weighted by Gasteiger charge is 2.36. The van der Waals surface area contributed by atoms with Crippen molar-refractivity contribution in [2.75, 3.05) is 6.61 Å². The minimum Gasteiger partial charge on any atom is -0.371 e. The highest BCUT2D eigenvalue weighted by atomic mass is 16.5. The van der Waals surface area contributed by atoms with Gasteiger partial charge < -0.3 is 4.74 Å². The molecule has 0 bridgehead atoms. The predicted molar refractivity (Wildman–Crippen MR) is 59.3 cm³/mol. The molecule has 0 aromatic heterocycles. The summed E-state index contributed by atoms with van der Waals surface area (Å²) < 4.78 is 6.08. The van der Waals surface area contributed by atoms with Gasteiger partial charge in [-0.05, 0) is 31.6 Å². The number of hydrogen-bond acceptors (Lipinski definition) is 1. The lowest BCUT2D eigenvalue weighted by atomic mass is 9.75. The van der Waals surface area contributed by atoms with Crippen molar-refractivity contribution in [3.8, 4) is 0 Å². The second-order valence-electron chi connectivity index (χ2n) is 4.87. The van der Waals surface area contributed by atoms with Crippen molar-refractivity contribution in [1.29, 1.82) is 0 Å². The summed E-state index contributed by atoms with van der Waals surface area (Å²) >= 11 is 0. The third-order valence-electron chi connectivity index (χ3n) is 3.90. The molecule has 2 rings (SSSR count). The average molecular weight is 194 g/mol. The molecule has 1 heteroatoms. The molecule has 2 atom stereocenters. The van der Waals surface area contributed by atoms with Gasteiger partial charge in [-0.1, -0.05) is 38.3 Å². The summed E-state index contributed by atoms with van der Waals surface area (Å²) in [5.41, 5.74) is 0.252. The first-order chi connectivity index (χ1) is 6.85. The Morgan fingerprint density at radius 1 is 1.36 bits per heavy atom. The fourth-order valence-electron chi connectivity index (χ4n) is 2.98. The second kappa shape index (κ2) is 4.48. The molecule has 0 N–H and O–H groups in total. The fourth-order valence-corrected chi connectivity index (χ4v) is 2.98. The van der Waals surface area contributed by atoms with Gasteiger partial charge in [0.1, 0.15) is 0 Å². The van der Waals surface area contributed by atoms with Gasteiger partial charge in [-0.2, -0.15) is 0 Å². The van der Waals surface area contributed by atoms with Crippen molar-refractivity contribution < 1.29 is 4.74 Å². The number of allylic oxidation sites excluding steroid dienone is 1. The lowest BCUT2D eigenvalue weighted by molar-refractivity contribution is -0.0739. The molecule has 0 aromatic carbocycles. The van der Waals surface area contributed by atoms with E-state index in [1.807, 2.05) is 0 Å². The van der Waals surface area contributed by atoms with Crippen LogP contribution < -0.4 is 0 Å². The summed E-state index contributed by atoms with van der Waals surface area (Å²) in [7, 11) is 0. The molecule has 0 unspecified atom stereocenters. The van der Waals surface area contributed by atoms with E-state index in [-0.39, 0.29) is 5.60 Å². The van der Waals surface area contributed by atoms with Crippen LogP contribution >= 0.6 is 0 Å². The molecular weight excluding hydrogens is 172 g/mol. The summed E-state index contributed by atoms with van der Waals surface area (Å²) in [5.74, 6) is 0.918. The van der Waals surface area contributed by atoms with Gasteiger partial charge in [-0.25, -0.2) is 0 Å². The maximum absolute atomic E-state index is 6.08. The second-order valence-corrected chi connectivity index (χ2v) is 4.87. The SMILES string of the molecule is CC[C@@H]1CCC[C@@]2(CCC=CCO2)C1. The zero-order chi connectivity index (χ0) is 9.86. The van der Waals surface area contributed by atoms with E-state index < -0.39 is 0 Å². The highest BCUT2D eigenvalue weighted by molar-refractivity contribution is 4.95. The summed E-state index contributed by atoms with van der Waals surface area (Å²) in [6.45, 7) is 3.16. The Hall–Kier alpha value is -0.300. The number of hydrogen-bond donors (Lipinski definition) is 0. The molecule has 1 fully saturated rings. The highest BCUT2D eigenvalue weighted by Crippen LogP contribution is 2.40. The van der Waals surface area contributed by atoms with Crippen molar-refractivity contribution >= 4 is 0 Å². The van der Waals surface area contributed by atoms with Gasteiger partial charge in [-0.15, -0.1) is 0 Å². The van der Waals surface area contributed by atoms with Crippen LogP contribution in [0, 0.1) is 5.92 Å². The smallest absolute Gasteiger partial charge is 0.0692 e. The monoisotopic (exact) mass is 194 g/mol. The minimum absolute atomic E-state index is 0.252. The number of ether oxygens (including phenoxy) is 1. The lowest BCUT2D eigenvalue weighted by Crippen LogP contribution is -2.37. The molecular formula is C13H22O. The van der Waals surface area contributed by atoms with E-state index in [2.05, 4.69) is 19.1 Å². The van der Waals surface area contributed by atoms with Gasteiger partial charge in [0.15, 0.2) is 0 Å². The molecule has 0 radical (unpaired) electrons. The van der Waals surface area contributed by atoms with E-state index in [1.165, 1.54) is 44.9 Å². The third kappa shape index (κ3) is 2.20. The van der Waals surface area contributed by atoms with Gasteiger partial charge in [-0.3, -0.25) is 0 Å². The van der Waals surface area contributed by atoms with Gasteiger partial charge in [0, 0.05) is 0 Å². The summed E-state index contributed by atoms with van der Waals surface area (Å²) in [5, 5.41) is 0. The van der Waals surface area contributed by atoms with Crippen LogP contribution in [0.2, 0.25) is 0 Å². The van der Waals surface area contributed by atoms with Crippen LogP contribution in [0.15, 0.2) is 12.2 Å². The Balaban J connectivity index is 1.99. The predicted octanol–water partition coefficient (Wildman–Crippen LogP) is 3.69. The molecule has 80 valence electrons. The van der Waals surface area contributed by atoms with E-state index >= 15 is 0 Å². The molecule has 0 amide bonds. The normalized spacial score (nSPS) is 38.5. The van der Waals surface area contributed by atoms with Crippen molar-refractivity contribution in [3.05, 3.63) is 12.2 Å². The standard InChI is InChI=1S/C13H22O/c1-2-12-7-6-9-13(11-12)8-4-3-5-10-14-13/h3,5,12H,2,4,6-11H2,1H3/t12-,13+/m1/s1. The maximum atomic E-state index is 6.08. The van der Waals surface area contributed by atoms with Gasteiger partial charge >= 0.3 is 0 Å². The minimum atomic E-state index is 0.252. The largest absolute Gasteiger partial charge is 0.371 e. The van der Waals surface area contributed by atoms with E-state index in [0.29, 0.717) is 0 Å². The molecule has 0 aromatic rings. The van der Waals surface area contributed by atoms with E-state index in [9.17, 15) is 0 Å². The Morgan fingerprint density at radius 2 is 2.29 bits per heavy atom. The zero-order valence-corrected chi connectivity index (χ0v) is 9.30. The topological polar surface area (TPSA) is 9.23 Å². The Morgan fingerprint density at radius 3 is 3.14 bits per heavy atom. The summed E-state index contributed by atoms with van der Waals surface area (Å²) in [6.07, 6.45) is 13.7. The van der Waals surface area contributed by atoms with Crippen molar-refractivity contribution in [2.45, 2.75) is 57.5 Å².